The van der Waals surface area contributed by atoms with E-state index in [0.29, 0.717) is 18.1 Å². The van der Waals surface area contributed by atoms with Crippen molar-refractivity contribution in [3.63, 3.8) is 0 Å². The Balaban J connectivity index is 1.78. The summed E-state index contributed by atoms with van der Waals surface area (Å²) < 4.78 is 32.8. The number of aromatic nitrogens is 2. The van der Waals surface area contributed by atoms with Crippen molar-refractivity contribution in [2.75, 3.05) is 11.9 Å². The van der Waals surface area contributed by atoms with Gasteiger partial charge in [-0.05, 0) is 40.0 Å². The number of rotatable bonds is 3. The van der Waals surface area contributed by atoms with Gasteiger partial charge in [-0.2, -0.15) is 0 Å². The SMILES string of the molecule is Fc1ccc(C2OCCC2Nc2ncc(Br)cn2)cc1F. The smallest absolute Gasteiger partial charge is 0.222 e. The molecule has 2 heterocycles. The van der Waals surface area contributed by atoms with Gasteiger partial charge in [0.15, 0.2) is 11.6 Å². The highest BCUT2D eigenvalue weighted by Crippen LogP contribution is 2.31. The molecule has 7 heteroatoms. The summed E-state index contributed by atoms with van der Waals surface area (Å²) in [4.78, 5) is 8.29. The van der Waals surface area contributed by atoms with Gasteiger partial charge in [-0.1, -0.05) is 6.07 Å². The van der Waals surface area contributed by atoms with Crippen molar-refractivity contribution in [3.8, 4) is 0 Å². The first-order valence-electron chi connectivity index (χ1n) is 6.44. The molecule has 2 aromatic rings. The zero-order chi connectivity index (χ0) is 14.8. The van der Waals surface area contributed by atoms with Crippen LogP contribution in [0.25, 0.3) is 0 Å². The van der Waals surface area contributed by atoms with E-state index in [0.717, 1.165) is 17.0 Å². The van der Waals surface area contributed by atoms with Crippen LogP contribution in [0.15, 0.2) is 35.1 Å². The zero-order valence-electron chi connectivity index (χ0n) is 10.9. The van der Waals surface area contributed by atoms with Crippen molar-refractivity contribution in [3.05, 3.63) is 52.3 Å². The molecule has 1 aliphatic heterocycles. The molecule has 0 saturated carbocycles. The molecular formula is C14H12BrF2N3O. The molecule has 110 valence electrons. The molecule has 0 aliphatic carbocycles. The lowest BCUT2D eigenvalue weighted by Crippen LogP contribution is -2.24. The van der Waals surface area contributed by atoms with Gasteiger partial charge in [-0.3, -0.25) is 0 Å². The van der Waals surface area contributed by atoms with Crippen molar-refractivity contribution in [2.45, 2.75) is 18.6 Å². The lowest BCUT2D eigenvalue weighted by atomic mass is 10.0. The van der Waals surface area contributed by atoms with E-state index in [2.05, 4.69) is 31.2 Å². The number of benzene rings is 1. The molecule has 0 spiro atoms. The Hall–Kier alpha value is -1.60. The summed E-state index contributed by atoms with van der Waals surface area (Å²) in [5.74, 6) is -1.26. The monoisotopic (exact) mass is 355 g/mol. The van der Waals surface area contributed by atoms with Crippen LogP contribution in [0.5, 0.6) is 0 Å². The minimum Gasteiger partial charge on any atom is -0.371 e. The van der Waals surface area contributed by atoms with Crippen LogP contribution in [0.4, 0.5) is 14.7 Å². The van der Waals surface area contributed by atoms with Crippen LogP contribution >= 0.6 is 15.9 Å². The third kappa shape index (κ3) is 3.19. The van der Waals surface area contributed by atoms with Crippen LogP contribution in [0.1, 0.15) is 18.1 Å². The van der Waals surface area contributed by atoms with Gasteiger partial charge >= 0.3 is 0 Å². The van der Waals surface area contributed by atoms with E-state index in [-0.39, 0.29) is 12.1 Å². The molecular weight excluding hydrogens is 344 g/mol. The molecule has 2 atom stereocenters. The van der Waals surface area contributed by atoms with Crippen LogP contribution in [-0.4, -0.2) is 22.6 Å². The number of hydrogen-bond donors (Lipinski definition) is 1. The van der Waals surface area contributed by atoms with Gasteiger partial charge < -0.3 is 10.1 Å². The second kappa shape index (κ2) is 6.03. The Labute approximate surface area is 128 Å². The first kappa shape index (κ1) is 14.3. The molecule has 1 aliphatic rings. The highest BCUT2D eigenvalue weighted by Gasteiger charge is 2.30. The van der Waals surface area contributed by atoms with E-state index in [4.69, 9.17) is 4.74 Å². The Kier molecular flexibility index (Phi) is 4.12. The molecule has 1 aromatic carbocycles. The van der Waals surface area contributed by atoms with Gasteiger partial charge in [0.25, 0.3) is 0 Å². The summed E-state index contributed by atoms with van der Waals surface area (Å²) in [7, 11) is 0. The van der Waals surface area contributed by atoms with Crippen LogP contribution < -0.4 is 5.32 Å². The van der Waals surface area contributed by atoms with Crippen LogP contribution in [0, 0.1) is 11.6 Å². The number of ether oxygens (including phenoxy) is 1. The Morgan fingerprint density at radius 3 is 2.67 bits per heavy atom. The number of halogens is 3. The second-order valence-corrected chi connectivity index (χ2v) is 5.65. The van der Waals surface area contributed by atoms with E-state index < -0.39 is 11.6 Å². The van der Waals surface area contributed by atoms with E-state index in [9.17, 15) is 8.78 Å². The number of hydrogen-bond acceptors (Lipinski definition) is 4. The molecule has 1 N–H and O–H groups in total. The average molecular weight is 356 g/mol. The first-order valence-corrected chi connectivity index (χ1v) is 7.23. The Bertz CT molecular complexity index is 639. The highest BCUT2D eigenvalue weighted by molar-refractivity contribution is 9.10. The lowest BCUT2D eigenvalue weighted by molar-refractivity contribution is 0.107. The molecule has 3 rings (SSSR count). The van der Waals surface area contributed by atoms with E-state index >= 15 is 0 Å². The summed E-state index contributed by atoms with van der Waals surface area (Å²) in [6.45, 7) is 0.540. The Morgan fingerprint density at radius 1 is 1.19 bits per heavy atom. The van der Waals surface area contributed by atoms with Gasteiger partial charge in [0.1, 0.15) is 6.10 Å². The number of nitrogens with one attached hydrogen (secondary N) is 1. The first-order chi connectivity index (χ1) is 10.1. The minimum absolute atomic E-state index is 0.0870. The standard InChI is InChI=1S/C14H12BrF2N3O/c15-9-6-18-14(19-7-9)20-12-3-4-21-13(12)8-1-2-10(16)11(17)5-8/h1-2,5-7,12-13H,3-4H2,(H,18,19,20). The molecule has 1 fully saturated rings. The number of nitrogens with zero attached hydrogens (tertiary/aromatic N) is 2. The van der Waals surface area contributed by atoms with Gasteiger partial charge in [0.05, 0.1) is 10.5 Å². The minimum atomic E-state index is -0.873. The maximum Gasteiger partial charge on any atom is 0.222 e. The lowest BCUT2D eigenvalue weighted by Gasteiger charge is -2.20. The third-order valence-corrected chi connectivity index (χ3v) is 3.71. The predicted octanol–water partition coefficient (Wildman–Crippen LogP) is 3.46. The van der Waals surface area contributed by atoms with Gasteiger partial charge in [0.2, 0.25) is 5.95 Å². The highest BCUT2D eigenvalue weighted by atomic mass is 79.9. The normalized spacial score (nSPS) is 21.5. The van der Waals surface area contributed by atoms with Crippen molar-refractivity contribution >= 4 is 21.9 Å². The Morgan fingerprint density at radius 2 is 1.95 bits per heavy atom. The zero-order valence-corrected chi connectivity index (χ0v) is 12.5. The largest absolute Gasteiger partial charge is 0.371 e. The average Bonchev–Trinajstić information content (AvgIpc) is 2.92. The molecule has 0 amide bonds. The molecule has 2 unspecified atom stereocenters. The molecule has 1 aromatic heterocycles. The van der Waals surface area contributed by atoms with Crippen molar-refractivity contribution in [1.82, 2.24) is 9.97 Å². The quantitative estimate of drug-likeness (QED) is 0.915. The van der Waals surface area contributed by atoms with Crippen LogP contribution in [-0.2, 0) is 4.74 Å². The van der Waals surface area contributed by atoms with E-state index in [1.54, 1.807) is 12.4 Å². The summed E-state index contributed by atoms with van der Waals surface area (Å²) in [6, 6.07) is 3.73. The molecule has 21 heavy (non-hydrogen) atoms. The molecule has 0 radical (unpaired) electrons. The molecule has 0 bridgehead atoms. The summed E-state index contributed by atoms with van der Waals surface area (Å²) in [5.41, 5.74) is 0.598. The van der Waals surface area contributed by atoms with Crippen molar-refractivity contribution in [1.29, 1.82) is 0 Å². The topological polar surface area (TPSA) is 47.0 Å². The fourth-order valence-corrected chi connectivity index (χ4v) is 2.51. The maximum absolute atomic E-state index is 13.4. The maximum atomic E-state index is 13.4. The molecule has 1 saturated heterocycles. The van der Waals surface area contributed by atoms with Gasteiger partial charge in [-0.25, -0.2) is 18.7 Å². The fraction of sp³-hybridized carbons (Fsp3) is 0.286. The van der Waals surface area contributed by atoms with Crippen molar-refractivity contribution < 1.29 is 13.5 Å². The third-order valence-electron chi connectivity index (χ3n) is 3.30. The number of anilines is 1. The van der Waals surface area contributed by atoms with Crippen molar-refractivity contribution in [2.24, 2.45) is 0 Å². The summed E-state index contributed by atoms with van der Waals surface area (Å²) >= 11 is 3.27. The fourth-order valence-electron chi connectivity index (χ4n) is 2.31. The second-order valence-electron chi connectivity index (χ2n) is 4.73. The van der Waals surface area contributed by atoms with Crippen LogP contribution in [0.3, 0.4) is 0 Å². The molecule has 4 nitrogen and oxygen atoms in total. The summed E-state index contributed by atoms with van der Waals surface area (Å²) in [5, 5.41) is 3.17. The van der Waals surface area contributed by atoms with E-state index in [1.165, 1.54) is 12.1 Å². The van der Waals surface area contributed by atoms with Crippen LogP contribution in [0.2, 0.25) is 0 Å². The van der Waals surface area contributed by atoms with Gasteiger partial charge in [0, 0.05) is 19.0 Å². The van der Waals surface area contributed by atoms with E-state index in [1.807, 2.05) is 0 Å². The summed E-state index contributed by atoms with van der Waals surface area (Å²) in [6.07, 6.45) is 3.66. The predicted molar refractivity (Wildman–Crippen MR) is 76.8 cm³/mol. The van der Waals surface area contributed by atoms with Gasteiger partial charge in [-0.15, -0.1) is 0 Å².